The Morgan fingerprint density at radius 1 is 1.36 bits per heavy atom. The molecule has 8 heteroatoms. The number of H-pyrrole nitrogens is 1. The van der Waals surface area contributed by atoms with Gasteiger partial charge in [-0.2, -0.15) is 0 Å². The minimum atomic E-state index is -0.531. The van der Waals surface area contributed by atoms with Crippen LogP contribution in [0.3, 0.4) is 0 Å². The standard InChI is InChI=1S/C17H20N4O3.ClH/c1-2-23-17(22)20-13-7-8-15(21-16(13)18)19-12-9-10-24-14-6-4-3-5-11(12)14;/h3-8,12H,2,9-10H2,1H3,(H,20,22)(H3,18,19,21);1H. The van der Waals surface area contributed by atoms with Gasteiger partial charge in [0.2, 0.25) is 11.6 Å². The number of aromatic amines is 1. The van der Waals surface area contributed by atoms with Crippen LogP contribution < -0.4 is 38.5 Å². The second kappa shape index (κ2) is 8.43. The Hall–Kier alpha value is -2.67. The van der Waals surface area contributed by atoms with E-state index < -0.39 is 6.09 Å². The topological polar surface area (TPSA) is 99.8 Å². The van der Waals surface area contributed by atoms with Crippen LogP contribution in [-0.2, 0) is 4.74 Å². The average molecular weight is 365 g/mol. The van der Waals surface area contributed by atoms with Crippen molar-refractivity contribution in [1.82, 2.24) is 0 Å². The van der Waals surface area contributed by atoms with Crippen molar-refractivity contribution >= 4 is 23.4 Å². The molecule has 1 unspecified atom stereocenters. The second-order valence-electron chi connectivity index (χ2n) is 5.42. The van der Waals surface area contributed by atoms with E-state index in [1.54, 1.807) is 13.0 Å². The Balaban J connectivity index is 0.00000225. The molecule has 2 heterocycles. The number of nitrogens with one attached hydrogen (secondary N) is 3. The van der Waals surface area contributed by atoms with Gasteiger partial charge in [0.15, 0.2) is 0 Å². The molecular formula is C17H21ClN4O3. The first-order valence-corrected chi connectivity index (χ1v) is 7.91. The number of aromatic nitrogens is 1. The third-order valence-corrected chi connectivity index (χ3v) is 3.78. The lowest BCUT2D eigenvalue weighted by molar-refractivity contribution is -0.342. The third kappa shape index (κ3) is 4.45. The van der Waals surface area contributed by atoms with Crippen molar-refractivity contribution in [3.05, 3.63) is 42.0 Å². The summed E-state index contributed by atoms with van der Waals surface area (Å²) in [7, 11) is 0. The molecule has 0 spiro atoms. The van der Waals surface area contributed by atoms with Gasteiger partial charge in [-0.15, -0.1) is 0 Å². The molecule has 0 saturated heterocycles. The Morgan fingerprint density at radius 3 is 2.92 bits per heavy atom. The van der Waals surface area contributed by atoms with Crippen LogP contribution in [0.5, 0.6) is 5.75 Å². The SMILES string of the molecule is CCOC(=O)Nc1ccc(NC2CCOc3ccccc32)[nH+]c1N.[Cl-]. The van der Waals surface area contributed by atoms with Crippen molar-refractivity contribution in [1.29, 1.82) is 0 Å². The molecule has 1 aromatic heterocycles. The normalized spacial score (nSPS) is 15.2. The fourth-order valence-corrected chi connectivity index (χ4v) is 2.66. The summed E-state index contributed by atoms with van der Waals surface area (Å²) in [5, 5.41) is 6.02. The molecular weight excluding hydrogens is 344 g/mol. The Bertz CT molecular complexity index is 742. The van der Waals surface area contributed by atoms with E-state index in [-0.39, 0.29) is 18.4 Å². The zero-order valence-corrected chi connectivity index (χ0v) is 14.6. The lowest BCUT2D eigenvalue weighted by Gasteiger charge is -2.24. The molecule has 1 aliphatic rings. The number of hydrogen-bond donors (Lipinski definition) is 3. The van der Waals surface area contributed by atoms with Crippen molar-refractivity contribution in [2.24, 2.45) is 0 Å². The first-order chi connectivity index (χ1) is 11.7. The minimum Gasteiger partial charge on any atom is -1.00 e. The number of anilines is 3. The van der Waals surface area contributed by atoms with Crippen molar-refractivity contribution < 1.29 is 31.7 Å². The highest BCUT2D eigenvalue weighted by molar-refractivity contribution is 5.87. The number of carbonyl (C=O) groups is 1. The Morgan fingerprint density at radius 2 is 2.16 bits per heavy atom. The summed E-state index contributed by atoms with van der Waals surface area (Å²) in [6.45, 7) is 2.71. The van der Waals surface area contributed by atoms with Crippen LogP contribution in [-0.4, -0.2) is 19.3 Å². The molecule has 25 heavy (non-hydrogen) atoms. The Labute approximate surface area is 152 Å². The summed E-state index contributed by atoms with van der Waals surface area (Å²) in [5.41, 5.74) is 7.57. The highest BCUT2D eigenvalue weighted by Gasteiger charge is 2.24. The maximum atomic E-state index is 11.5. The monoisotopic (exact) mass is 364 g/mol. The average Bonchev–Trinajstić information content (AvgIpc) is 2.58. The van der Waals surface area contributed by atoms with Crippen LogP contribution in [0, 0.1) is 0 Å². The first-order valence-electron chi connectivity index (χ1n) is 7.91. The van der Waals surface area contributed by atoms with Gasteiger partial charge in [0.1, 0.15) is 17.5 Å². The van der Waals surface area contributed by atoms with Crippen LogP contribution in [0.2, 0.25) is 0 Å². The van der Waals surface area contributed by atoms with E-state index >= 15 is 0 Å². The summed E-state index contributed by atoms with van der Waals surface area (Å²) in [5.74, 6) is 2.02. The van der Waals surface area contributed by atoms with Crippen LogP contribution in [0.1, 0.15) is 24.9 Å². The van der Waals surface area contributed by atoms with Crippen molar-refractivity contribution in [2.75, 3.05) is 29.6 Å². The molecule has 7 nitrogen and oxygen atoms in total. The molecule has 0 fully saturated rings. The van der Waals surface area contributed by atoms with E-state index in [0.29, 0.717) is 24.7 Å². The largest absolute Gasteiger partial charge is 1.00 e. The number of rotatable bonds is 4. The first kappa shape index (κ1) is 18.7. The molecule has 1 atom stereocenters. The molecule has 0 bridgehead atoms. The zero-order chi connectivity index (χ0) is 16.9. The number of carbonyl (C=O) groups excluding carboxylic acids is 1. The van der Waals surface area contributed by atoms with E-state index in [1.165, 1.54) is 0 Å². The number of ether oxygens (including phenoxy) is 2. The van der Waals surface area contributed by atoms with Gasteiger partial charge in [0.25, 0.3) is 0 Å². The van der Waals surface area contributed by atoms with Gasteiger partial charge in [0.05, 0.1) is 13.2 Å². The van der Waals surface area contributed by atoms with Crippen LogP contribution in [0.25, 0.3) is 0 Å². The molecule has 5 N–H and O–H groups in total. The minimum absolute atomic E-state index is 0. The van der Waals surface area contributed by atoms with Crippen molar-refractivity contribution in [2.45, 2.75) is 19.4 Å². The number of hydrogen-bond acceptors (Lipinski definition) is 5. The van der Waals surface area contributed by atoms with Gasteiger partial charge < -0.3 is 27.6 Å². The van der Waals surface area contributed by atoms with E-state index in [2.05, 4.69) is 15.6 Å². The fraction of sp³-hybridized carbons (Fsp3) is 0.294. The smallest absolute Gasteiger partial charge is 0.411 e. The van der Waals surface area contributed by atoms with Gasteiger partial charge in [-0.1, -0.05) is 18.2 Å². The molecule has 3 rings (SSSR count). The number of fused-ring (bicyclic) bond motifs is 1. The van der Waals surface area contributed by atoms with E-state index in [0.717, 1.165) is 23.6 Å². The predicted octanol–water partition coefficient (Wildman–Crippen LogP) is -0.409. The molecule has 0 saturated carbocycles. The van der Waals surface area contributed by atoms with E-state index in [4.69, 9.17) is 15.2 Å². The highest BCUT2D eigenvalue weighted by atomic mass is 35.5. The van der Waals surface area contributed by atoms with E-state index in [1.807, 2.05) is 30.3 Å². The maximum absolute atomic E-state index is 11.5. The lowest BCUT2D eigenvalue weighted by atomic mass is 10.0. The third-order valence-electron chi connectivity index (χ3n) is 3.78. The lowest BCUT2D eigenvalue weighted by Crippen LogP contribution is -3.00. The van der Waals surface area contributed by atoms with Gasteiger partial charge in [-0.3, -0.25) is 10.6 Å². The van der Waals surface area contributed by atoms with Gasteiger partial charge >= 0.3 is 6.09 Å². The van der Waals surface area contributed by atoms with E-state index in [9.17, 15) is 4.79 Å². The predicted molar refractivity (Wildman–Crippen MR) is 91.0 cm³/mol. The molecule has 0 aliphatic carbocycles. The summed E-state index contributed by atoms with van der Waals surface area (Å²) >= 11 is 0. The number of para-hydroxylation sites is 1. The van der Waals surface area contributed by atoms with Gasteiger partial charge in [-0.25, -0.2) is 9.78 Å². The second-order valence-corrected chi connectivity index (χ2v) is 5.42. The van der Waals surface area contributed by atoms with Crippen LogP contribution in [0.4, 0.5) is 22.1 Å². The molecule has 1 aromatic carbocycles. The number of pyridine rings is 1. The van der Waals surface area contributed by atoms with Crippen molar-refractivity contribution in [3.8, 4) is 5.75 Å². The molecule has 0 radical (unpaired) electrons. The summed E-state index contributed by atoms with van der Waals surface area (Å²) < 4.78 is 10.5. The zero-order valence-electron chi connectivity index (χ0n) is 13.8. The number of benzene rings is 1. The Kier molecular flexibility index (Phi) is 6.30. The number of amides is 1. The summed E-state index contributed by atoms with van der Waals surface area (Å²) in [6.07, 6.45) is 0.324. The quantitative estimate of drug-likeness (QED) is 0.685. The van der Waals surface area contributed by atoms with Gasteiger partial charge in [-0.05, 0) is 19.1 Å². The molecule has 1 amide bonds. The van der Waals surface area contributed by atoms with Crippen LogP contribution in [0.15, 0.2) is 36.4 Å². The number of nitrogen functional groups attached to an aromatic ring is 1. The molecule has 1 aliphatic heterocycles. The number of halogens is 1. The van der Waals surface area contributed by atoms with Crippen molar-refractivity contribution in [3.63, 3.8) is 0 Å². The molecule has 2 aromatic rings. The molecule has 134 valence electrons. The maximum Gasteiger partial charge on any atom is 0.411 e. The number of nitrogens with two attached hydrogens (primary N) is 1. The highest BCUT2D eigenvalue weighted by Crippen LogP contribution is 2.33. The summed E-state index contributed by atoms with van der Waals surface area (Å²) in [6, 6.07) is 11.7. The fourth-order valence-electron chi connectivity index (χ4n) is 2.66. The van der Waals surface area contributed by atoms with Crippen LogP contribution >= 0.6 is 0 Å². The van der Waals surface area contributed by atoms with Gasteiger partial charge in [0, 0.05) is 18.1 Å². The summed E-state index contributed by atoms with van der Waals surface area (Å²) in [4.78, 5) is 14.5.